The molecule has 2 aliphatic rings. The van der Waals surface area contributed by atoms with Crippen LogP contribution in [0.3, 0.4) is 0 Å². The molecule has 81 heavy (non-hydrogen) atoms. The Hall–Kier alpha value is -7.35. The number of anilines is 1. The van der Waals surface area contributed by atoms with Crippen molar-refractivity contribution >= 4 is 82.2 Å². The number of halogens is 7. The minimum absolute atomic E-state index is 0. The molecule has 1 unspecified atom stereocenters. The van der Waals surface area contributed by atoms with E-state index in [1.54, 1.807) is 29.3 Å². The molecule has 440 valence electrons. The van der Waals surface area contributed by atoms with E-state index in [-0.39, 0.29) is 47.9 Å². The van der Waals surface area contributed by atoms with Crippen LogP contribution in [-0.2, 0) is 66.5 Å². The number of amides is 1. The highest BCUT2D eigenvalue weighted by molar-refractivity contribution is 7.30. The second kappa shape index (κ2) is 29.9. The van der Waals surface area contributed by atoms with E-state index < -0.39 is 49.9 Å². The van der Waals surface area contributed by atoms with E-state index in [1.807, 2.05) is 24.5 Å². The van der Waals surface area contributed by atoms with Gasteiger partial charge < -0.3 is 52.6 Å². The van der Waals surface area contributed by atoms with Crippen LogP contribution >= 0.6 is 19.9 Å². The van der Waals surface area contributed by atoms with Crippen molar-refractivity contribution < 1.29 is 105 Å². The number of aryl methyl sites for hydroxylation is 3. The monoisotopic (exact) mass is 1190 g/mol. The fraction of sp³-hybridized carbons (Fsp3) is 0.396. The molecule has 9 rings (SSSR count). The van der Waals surface area contributed by atoms with Crippen molar-refractivity contribution in [2.24, 2.45) is 0 Å². The molecule has 0 saturated carbocycles. The van der Waals surface area contributed by atoms with E-state index in [2.05, 4.69) is 15.0 Å². The Morgan fingerprint density at radius 1 is 0.790 bits per heavy atom. The van der Waals surface area contributed by atoms with E-state index in [0.29, 0.717) is 103 Å². The van der Waals surface area contributed by atoms with Gasteiger partial charge in [0, 0.05) is 73.2 Å². The number of nitrogens with zero attached hydrogens (tertiary/aromatic N) is 4. The average molecular weight is 1190 g/mol. The Balaban J connectivity index is 0.000000282. The molecule has 1 atom stereocenters. The number of fused-ring (bicyclic) bond motifs is 4. The van der Waals surface area contributed by atoms with Crippen LogP contribution < -0.4 is 19.3 Å². The standard InChI is InChI=1S/C24H22ClF3N2O4.C23H21F3N2O5.C4H8O.C2H4O2.HO4P.H2/c1-3-5-15-20(9-7-16-21(15)34-29-22(16)24(26,27)28)33-11-4-10-30-13-18(25)17-12-14(23(31)32-2)6-8-19(17)30;1-2-4-15-18(8-6-16-20(15)33-27-21(16)23(24,25)26)32-10-3-9-28-17-7-5-13(22(30)31)11-14(17)12-19(28)29;1-2-4-5-3-1;1-2(3)4;1-4-5(2)3;/h6-9,12-13H,3-5,10-11H2,1-2H3;5-8,11H,2-4,9-10,12H2,1H3,(H,30,31);1-4H2;1H3,(H,3,4);1H;1H. The summed E-state index contributed by atoms with van der Waals surface area (Å²) in [5.41, 5.74) is 1.96. The number of aliphatic carboxylic acids is 1. The summed E-state index contributed by atoms with van der Waals surface area (Å²) in [5, 5.41) is 31.1. The summed E-state index contributed by atoms with van der Waals surface area (Å²) in [6.45, 7) is 8.43. The molecular formula is C53H58ClF6N4O16P. The maximum absolute atomic E-state index is 13.2. The maximum Gasteiger partial charge on any atom is 0.521 e. The van der Waals surface area contributed by atoms with Gasteiger partial charge in [-0.05, 0) is 109 Å². The summed E-state index contributed by atoms with van der Waals surface area (Å²) in [7, 11) is -1.72. The molecule has 3 N–H and O–H groups in total. The first-order valence-corrected chi connectivity index (χ1v) is 26.4. The van der Waals surface area contributed by atoms with Crippen LogP contribution in [0.2, 0.25) is 5.02 Å². The minimum atomic E-state index is -4.61. The zero-order valence-electron chi connectivity index (χ0n) is 44.0. The van der Waals surface area contributed by atoms with Crippen LogP contribution in [0, 0.1) is 0 Å². The van der Waals surface area contributed by atoms with Crippen molar-refractivity contribution in [1.82, 2.24) is 14.9 Å². The molecule has 2 aliphatic heterocycles. The van der Waals surface area contributed by atoms with E-state index >= 15 is 0 Å². The lowest BCUT2D eigenvalue weighted by Gasteiger charge is -2.18. The van der Waals surface area contributed by atoms with E-state index in [1.165, 1.54) is 56.3 Å². The number of aromatic carboxylic acids is 1. The molecule has 20 nitrogen and oxygen atoms in total. The second-order valence-electron chi connectivity index (χ2n) is 17.7. The topological polar surface area (TPSA) is 275 Å². The number of carboxylic acids is 2. The molecular weight excluding hydrogens is 1130 g/mol. The van der Waals surface area contributed by atoms with Gasteiger partial charge in [0.1, 0.15) is 11.5 Å². The number of ether oxygens (including phenoxy) is 4. The first-order chi connectivity index (χ1) is 38.4. The molecule has 28 heteroatoms. The quantitative estimate of drug-likeness (QED) is 0.0191. The number of carbonyl (C=O) groups is 4. The Kier molecular flexibility index (Phi) is 23.8. The normalized spacial score (nSPS) is 13.0. The fourth-order valence-electron chi connectivity index (χ4n) is 8.51. The van der Waals surface area contributed by atoms with Gasteiger partial charge in [-0.1, -0.05) is 48.6 Å². The van der Waals surface area contributed by atoms with Crippen LogP contribution in [0.4, 0.5) is 32.0 Å². The van der Waals surface area contributed by atoms with Crippen LogP contribution in [-0.4, -0.2) is 94.2 Å². The predicted molar refractivity (Wildman–Crippen MR) is 281 cm³/mol. The molecule has 0 bridgehead atoms. The smallest absolute Gasteiger partial charge is 0.521 e. The Morgan fingerprint density at radius 3 is 1.74 bits per heavy atom. The second-order valence-corrected chi connectivity index (χ2v) is 18.7. The summed E-state index contributed by atoms with van der Waals surface area (Å²) in [6.07, 6.45) is -1.28. The largest absolute Gasteiger partial charge is 0.565 e. The van der Waals surface area contributed by atoms with Gasteiger partial charge in [0.25, 0.3) is 5.97 Å². The van der Waals surface area contributed by atoms with Gasteiger partial charge in [-0.3, -0.25) is 9.59 Å². The lowest BCUT2D eigenvalue weighted by Crippen LogP contribution is -2.28. The summed E-state index contributed by atoms with van der Waals surface area (Å²) >= 11 is 6.35. The van der Waals surface area contributed by atoms with Crippen molar-refractivity contribution in [2.75, 3.05) is 45.0 Å². The van der Waals surface area contributed by atoms with E-state index in [9.17, 15) is 40.7 Å². The van der Waals surface area contributed by atoms with Crippen LogP contribution in [0.5, 0.6) is 11.5 Å². The average Bonchev–Trinajstić information content (AvgIpc) is 4.50. The van der Waals surface area contributed by atoms with Gasteiger partial charge in [-0.15, -0.1) is 0 Å². The number of methoxy groups -OCH3 is 1. The van der Waals surface area contributed by atoms with E-state index in [0.717, 1.165) is 31.0 Å². The van der Waals surface area contributed by atoms with Gasteiger partial charge in [0.2, 0.25) is 5.91 Å². The number of carboxylic acid groups (broad SMARTS) is 2. The Bertz CT molecular complexity index is 3300. The number of aromatic nitrogens is 3. The van der Waals surface area contributed by atoms with E-state index in [4.69, 9.17) is 69.3 Å². The Labute approximate surface area is 465 Å². The Morgan fingerprint density at radius 2 is 1.30 bits per heavy atom. The van der Waals surface area contributed by atoms with Gasteiger partial charge >= 0.3 is 32.5 Å². The number of hydrogen-bond donors (Lipinski definition) is 3. The molecule has 1 saturated heterocycles. The molecule has 0 radical (unpaired) electrons. The van der Waals surface area contributed by atoms with Crippen molar-refractivity contribution in [2.45, 2.75) is 97.5 Å². The third-order valence-electron chi connectivity index (χ3n) is 11.9. The molecule has 1 amide bonds. The first-order valence-electron chi connectivity index (χ1n) is 24.9. The van der Waals surface area contributed by atoms with Crippen molar-refractivity contribution in [3.63, 3.8) is 0 Å². The fourth-order valence-corrected chi connectivity index (χ4v) is 8.78. The number of hydrogen-bond acceptors (Lipinski definition) is 16. The highest BCUT2D eigenvalue weighted by Crippen LogP contribution is 2.40. The van der Waals surface area contributed by atoms with Crippen LogP contribution in [0.15, 0.2) is 75.9 Å². The highest BCUT2D eigenvalue weighted by Gasteiger charge is 2.39. The summed E-state index contributed by atoms with van der Waals surface area (Å²) in [5.74, 6) is -1.54. The summed E-state index contributed by atoms with van der Waals surface area (Å²) in [4.78, 5) is 54.8. The minimum Gasteiger partial charge on any atom is -0.565 e. The molecule has 1 fully saturated rings. The van der Waals surface area contributed by atoms with Crippen molar-refractivity contribution in [1.29, 1.82) is 0 Å². The summed E-state index contributed by atoms with van der Waals surface area (Å²) in [6, 6.07) is 15.4. The van der Waals surface area contributed by atoms with Crippen LogP contribution in [0.25, 0.3) is 32.8 Å². The molecule has 7 aromatic rings. The third-order valence-corrected chi connectivity index (χ3v) is 12.4. The molecule has 0 spiro atoms. The van der Waals surface area contributed by atoms with Gasteiger partial charge in [0.15, 0.2) is 22.6 Å². The first kappa shape index (κ1) is 64.5. The molecule has 0 aliphatic carbocycles. The zero-order valence-corrected chi connectivity index (χ0v) is 45.6. The molecule has 3 aromatic heterocycles. The number of rotatable bonds is 17. The third kappa shape index (κ3) is 17.6. The number of carbonyl (C=O) groups excluding carboxylic acids is 2. The lowest BCUT2D eigenvalue weighted by atomic mass is 10.0. The van der Waals surface area contributed by atoms with Crippen molar-refractivity contribution in [3.8, 4) is 11.5 Å². The number of alkyl halides is 6. The van der Waals surface area contributed by atoms with Gasteiger partial charge in [0.05, 0.1) is 53.7 Å². The highest BCUT2D eigenvalue weighted by atomic mass is 35.5. The van der Waals surface area contributed by atoms with Gasteiger partial charge in [-0.25, -0.2) is 14.8 Å². The number of benzene rings is 4. The van der Waals surface area contributed by atoms with Crippen molar-refractivity contribution in [3.05, 3.63) is 111 Å². The lowest BCUT2D eigenvalue weighted by molar-refractivity contribution is -0.244. The number of esters is 1. The SMILES string of the molecule is C1CCOC1.CC(=O)O.CCCc1c(OCCCN2C(=O)Cc3cc(C(=O)O)ccc32)ccc2c(C(F)(F)F)noc12.CCCc1c(OCCCn2cc(Cl)c3cc(C(=O)OC)ccc32)ccc2c(C(F)(F)F)noc12.O=[P+]([O-])OO.[HH]. The molecule has 4 aromatic carbocycles. The van der Waals surface area contributed by atoms with Crippen LogP contribution in [0.1, 0.15) is 110 Å². The van der Waals surface area contributed by atoms with Gasteiger partial charge in [-0.2, -0.15) is 26.3 Å². The predicted octanol–water partition coefficient (Wildman–Crippen LogP) is 12.1. The summed E-state index contributed by atoms with van der Waals surface area (Å²) < 4.78 is 124. The molecule has 5 heterocycles. The zero-order chi connectivity index (χ0) is 59.6. The maximum atomic E-state index is 13.2.